The Labute approximate surface area is 106 Å². The van der Waals surface area contributed by atoms with Gasteiger partial charge in [0.15, 0.2) is 0 Å². The van der Waals surface area contributed by atoms with Gasteiger partial charge in [-0.2, -0.15) is 0 Å². The van der Waals surface area contributed by atoms with E-state index in [0.29, 0.717) is 5.76 Å². The van der Waals surface area contributed by atoms with Gasteiger partial charge in [0.2, 0.25) is 8.32 Å². The van der Waals surface area contributed by atoms with Gasteiger partial charge in [-0.25, -0.2) is 0 Å². The van der Waals surface area contributed by atoms with Crippen molar-refractivity contribution in [2.75, 3.05) is 0 Å². The quantitative estimate of drug-likeness (QED) is 0.330. The Balaban J connectivity index is 4.66. The summed E-state index contributed by atoms with van der Waals surface area (Å²) in [5.41, 5.74) is 0.741. The molecule has 3 nitrogen and oxygen atoms in total. The molecule has 0 aromatic rings. The molecule has 0 aliphatic heterocycles. The van der Waals surface area contributed by atoms with Crippen molar-refractivity contribution in [2.45, 2.75) is 52.8 Å². The van der Waals surface area contributed by atoms with E-state index in [2.05, 4.69) is 40.4 Å². The Hall–Kier alpha value is -1.03. The van der Waals surface area contributed by atoms with Crippen molar-refractivity contribution in [3.05, 3.63) is 24.2 Å². The van der Waals surface area contributed by atoms with Crippen molar-refractivity contribution < 1.29 is 14.0 Å². The summed E-state index contributed by atoms with van der Waals surface area (Å²) in [6.07, 6.45) is 1.39. The van der Waals surface area contributed by atoms with E-state index in [1.807, 2.05) is 6.92 Å². The van der Waals surface area contributed by atoms with E-state index in [-0.39, 0.29) is 11.0 Å². The predicted molar refractivity (Wildman–Crippen MR) is 72.9 cm³/mol. The van der Waals surface area contributed by atoms with Gasteiger partial charge in [0.1, 0.15) is 12.0 Å². The lowest BCUT2D eigenvalue weighted by Gasteiger charge is -2.37. The minimum Gasteiger partial charge on any atom is -0.544 e. The number of rotatable bonds is 4. The summed E-state index contributed by atoms with van der Waals surface area (Å²) in [4.78, 5) is 10.7. The predicted octanol–water partition coefficient (Wildman–Crippen LogP) is 3.99. The smallest absolute Gasteiger partial charge is 0.307 e. The minimum absolute atomic E-state index is 0.123. The minimum atomic E-state index is -1.87. The third-order valence-electron chi connectivity index (χ3n) is 3.03. The van der Waals surface area contributed by atoms with Gasteiger partial charge in [0.25, 0.3) is 0 Å². The first kappa shape index (κ1) is 16.0. The molecule has 0 fully saturated rings. The highest BCUT2D eigenvalue weighted by Crippen LogP contribution is 2.38. The van der Waals surface area contributed by atoms with Gasteiger partial charge in [-0.1, -0.05) is 27.4 Å². The summed E-state index contributed by atoms with van der Waals surface area (Å²) in [7, 11) is -1.87. The van der Waals surface area contributed by atoms with Gasteiger partial charge in [-0.3, -0.25) is 4.79 Å². The van der Waals surface area contributed by atoms with Crippen LogP contribution >= 0.6 is 0 Å². The van der Waals surface area contributed by atoms with E-state index in [4.69, 9.17) is 9.16 Å². The van der Waals surface area contributed by atoms with E-state index in [1.165, 1.54) is 13.2 Å². The van der Waals surface area contributed by atoms with Crippen molar-refractivity contribution >= 4 is 14.3 Å². The molecule has 0 saturated carbocycles. The van der Waals surface area contributed by atoms with Gasteiger partial charge in [-0.15, -0.1) is 0 Å². The highest BCUT2D eigenvalue weighted by Gasteiger charge is 2.39. The Morgan fingerprint density at radius 3 is 2.06 bits per heavy atom. The fourth-order valence-electron chi connectivity index (χ4n) is 0.779. The van der Waals surface area contributed by atoms with Crippen molar-refractivity contribution in [3.8, 4) is 0 Å². The number of ether oxygens (including phenoxy) is 1. The molecule has 0 saturated heterocycles. The SMILES string of the molecule is C=C(O[Si](C)(C)C(C)(C)C)/C(C)=C/OC(C)=O. The number of hydrogen-bond acceptors (Lipinski definition) is 3. The summed E-state index contributed by atoms with van der Waals surface area (Å²) < 4.78 is 10.8. The highest BCUT2D eigenvalue weighted by molar-refractivity contribution is 6.74. The molecule has 0 aliphatic rings. The molecule has 98 valence electrons. The van der Waals surface area contributed by atoms with Gasteiger partial charge < -0.3 is 9.16 Å². The van der Waals surface area contributed by atoms with Crippen LogP contribution in [0.4, 0.5) is 0 Å². The van der Waals surface area contributed by atoms with Crippen LogP contribution in [0.2, 0.25) is 18.1 Å². The normalized spacial score (nSPS) is 13.2. The van der Waals surface area contributed by atoms with Gasteiger partial charge in [-0.05, 0) is 25.1 Å². The monoisotopic (exact) mass is 256 g/mol. The third-order valence-corrected chi connectivity index (χ3v) is 7.40. The molecule has 4 heteroatoms. The molecule has 0 spiro atoms. The molecule has 0 aliphatic carbocycles. The van der Waals surface area contributed by atoms with E-state index >= 15 is 0 Å². The molecule has 0 aromatic carbocycles. The van der Waals surface area contributed by atoms with Crippen LogP contribution in [0, 0.1) is 0 Å². The fraction of sp³-hybridized carbons (Fsp3) is 0.615. The lowest BCUT2D eigenvalue weighted by Crippen LogP contribution is -2.40. The Bertz CT molecular complexity index is 335. The second kappa shape index (κ2) is 5.54. The summed E-state index contributed by atoms with van der Waals surface area (Å²) in [6, 6.07) is 0. The number of carbonyl (C=O) groups excluding carboxylic acids is 1. The van der Waals surface area contributed by atoms with Crippen LogP contribution in [0.3, 0.4) is 0 Å². The Morgan fingerprint density at radius 2 is 1.71 bits per heavy atom. The van der Waals surface area contributed by atoms with Crippen LogP contribution in [-0.2, 0) is 14.0 Å². The standard InChI is InChI=1S/C13H24O3Si/c1-10(9-15-12(3)14)11(2)16-17(7,8)13(4,5)6/h9H,2H2,1,3-8H3/b10-9+. The van der Waals surface area contributed by atoms with E-state index in [0.717, 1.165) is 5.57 Å². The van der Waals surface area contributed by atoms with Crippen LogP contribution < -0.4 is 0 Å². The van der Waals surface area contributed by atoms with E-state index < -0.39 is 8.32 Å². The molecule has 0 heterocycles. The molecular formula is C13H24O3Si. The van der Waals surface area contributed by atoms with Crippen LogP contribution in [0.15, 0.2) is 24.2 Å². The zero-order valence-electron chi connectivity index (χ0n) is 12.0. The lowest BCUT2D eigenvalue weighted by molar-refractivity contribution is -0.135. The molecular weight excluding hydrogens is 232 g/mol. The van der Waals surface area contributed by atoms with Crippen molar-refractivity contribution in [1.82, 2.24) is 0 Å². The Morgan fingerprint density at radius 1 is 1.24 bits per heavy atom. The van der Waals surface area contributed by atoms with Crippen molar-refractivity contribution in [1.29, 1.82) is 0 Å². The average Bonchev–Trinajstić information content (AvgIpc) is 2.11. The topological polar surface area (TPSA) is 35.5 Å². The highest BCUT2D eigenvalue weighted by atomic mass is 28.4. The second-order valence-corrected chi connectivity index (χ2v) is 10.4. The third kappa shape index (κ3) is 5.22. The largest absolute Gasteiger partial charge is 0.544 e. The van der Waals surface area contributed by atoms with Crippen LogP contribution in [0.1, 0.15) is 34.6 Å². The molecule has 0 radical (unpaired) electrons. The maximum absolute atomic E-state index is 10.7. The maximum atomic E-state index is 10.7. The van der Waals surface area contributed by atoms with Gasteiger partial charge in [0.05, 0.1) is 0 Å². The first-order chi connectivity index (χ1) is 7.47. The second-order valence-electron chi connectivity index (χ2n) is 5.70. The molecule has 0 bridgehead atoms. The number of esters is 1. The molecule has 0 aromatic heterocycles. The lowest BCUT2D eigenvalue weighted by atomic mass is 10.2. The van der Waals surface area contributed by atoms with Crippen LogP contribution in [-0.4, -0.2) is 14.3 Å². The maximum Gasteiger partial charge on any atom is 0.307 e. The fourth-order valence-corrected chi connectivity index (χ4v) is 1.86. The molecule has 0 atom stereocenters. The summed E-state index contributed by atoms with van der Waals surface area (Å²) in [5, 5.41) is 0.123. The molecule has 0 unspecified atom stereocenters. The summed E-state index contributed by atoms with van der Waals surface area (Å²) in [6.45, 7) is 17.9. The number of carbonyl (C=O) groups is 1. The van der Waals surface area contributed by atoms with Gasteiger partial charge in [0, 0.05) is 12.5 Å². The van der Waals surface area contributed by atoms with Gasteiger partial charge >= 0.3 is 5.97 Å². The molecule has 0 amide bonds. The van der Waals surface area contributed by atoms with Crippen LogP contribution in [0.5, 0.6) is 0 Å². The zero-order valence-corrected chi connectivity index (χ0v) is 13.0. The average molecular weight is 256 g/mol. The zero-order chi connectivity index (χ0) is 13.9. The molecule has 0 N–H and O–H groups in total. The van der Waals surface area contributed by atoms with Crippen molar-refractivity contribution in [3.63, 3.8) is 0 Å². The summed E-state index contributed by atoms with van der Waals surface area (Å²) >= 11 is 0. The Kier molecular flexibility index (Phi) is 5.20. The molecule has 0 rings (SSSR count). The van der Waals surface area contributed by atoms with Crippen molar-refractivity contribution in [2.24, 2.45) is 0 Å². The number of hydrogen-bond donors (Lipinski definition) is 0. The first-order valence-electron chi connectivity index (χ1n) is 5.69. The number of allylic oxidation sites excluding steroid dienone is 1. The van der Waals surface area contributed by atoms with E-state index in [9.17, 15) is 4.79 Å². The first-order valence-corrected chi connectivity index (χ1v) is 8.60. The van der Waals surface area contributed by atoms with E-state index in [1.54, 1.807) is 0 Å². The molecule has 17 heavy (non-hydrogen) atoms. The van der Waals surface area contributed by atoms with Crippen LogP contribution in [0.25, 0.3) is 0 Å². The summed E-state index contributed by atoms with van der Waals surface area (Å²) in [5.74, 6) is 0.238.